The van der Waals surface area contributed by atoms with E-state index in [1.165, 1.54) is 6.33 Å². The van der Waals surface area contributed by atoms with Crippen LogP contribution in [0.3, 0.4) is 0 Å². The number of anilines is 2. The Hall–Kier alpha value is -4.72. The predicted molar refractivity (Wildman–Crippen MR) is 172 cm³/mol. The molecule has 0 radical (unpaired) electrons. The molecule has 0 saturated carbocycles. The Bertz CT molecular complexity index is 1790. The molecule has 1 amide bonds. The monoisotopic (exact) mass is 651 g/mol. The molecule has 0 aromatic carbocycles. The van der Waals surface area contributed by atoms with Gasteiger partial charge >= 0.3 is 11.8 Å². The largest absolute Gasteiger partial charge is 0.444 e. The molecule has 1 atom stereocenters. The van der Waals surface area contributed by atoms with Crippen LogP contribution in [0.2, 0.25) is 0 Å². The third-order valence-electron chi connectivity index (χ3n) is 7.94. The molecule has 0 unspecified atom stereocenters. The highest BCUT2D eigenvalue weighted by Gasteiger charge is 2.38. The summed E-state index contributed by atoms with van der Waals surface area (Å²) in [5.74, 6) is -3.19. The van der Waals surface area contributed by atoms with E-state index < -0.39 is 52.1 Å². The molecule has 2 aromatic rings. The number of carbonyl (C=O) groups excluding carboxylic acids is 2. The van der Waals surface area contributed by atoms with Crippen LogP contribution in [0.25, 0.3) is 11.8 Å². The van der Waals surface area contributed by atoms with Crippen LogP contribution in [0, 0.1) is 0 Å². The highest BCUT2D eigenvalue weighted by Crippen LogP contribution is 2.43. The number of hydroxylamine groups is 1. The lowest BCUT2D eigenvalue weighted by molar-refractivity contribution is -0.111. The van der Waals surface area contributed by atoms with Gasteiger partial charge in [-0.2, -0.15) is 4.98 Å². The summed E-state index contributed by atoms with van der Waals surface area (Å²) in [5.41, 5.74) is -1.36. The van der Waals surface area contributed by atoms with Gasteiger partial charge < -0.3 is 14.5 Å². The summed E-state index contributed by atoms with van der Waals surface area (Å²) < 4.78 is 37.1. The molecule has 1 N–H and O–H groups in total. The number of nitrogens with zero attached hydrogens (tertiary/aromatic N) is 7. The van der Waals surface area contributed by atoms with Crippen LogP contribution in [0.15, 0.2) is 52.3 Å². The first-order valence-electron chi connectivity index (χ1n) is 15.5. The molecule has 5 rings (SSSR count). The van der Waals surface area contributed by atoms with Crippen molar-refractivity contribution in [2.24, 2.45) is 0 Å². The van der Waals surface area contributed by atoms with Gasteiger partial charge in [-0.15, -0.1) is 0 Å². The van der Waals surface area contributed by atoms with E-state index in [1.54, 1.807) is 30.6 Å². The molecule has 2 aliphatic heterocycles. The second-order valence-corrected chi connectivity index (χ2v) is 13.4. The van der Waals surface area contributed by atoms with Gasteiger partial charge in [-0.25, -0.2) is 38.0 Å². The van der Waals surface area contributed by atoms with E-state index in [2.05, 4.69) is 15.0 Å². The molecule has 1 saturated heterocycles. The average molecular weight is 652 g/mol. The molecule has 14 heteroatoms. The summed E-state index contributed by atoms with van der Waals surface area (Å²) in [6.07, 6.45) is 4.67. The number of halogens is 2. The van der Waals surface area contributed by atoms with E-state index in [4.69, 9.17) is 4.74 Å². The Morgan fingerprint density at radius 2 is 1.66 bits per heavy atom. The van der Waals surface area contributed by atoms with Crippen molar-refractivity contribution >= 4 is 29.6 Å². The zero-order valence-corrected chi connectivity index (χ0v) is 27.7. The number of fused-ring (bicyclic) bond motifs is 1. The van der Waals surface area contributed by atoms with Gasteiger partial charge in [-0.05, 0) is 63.8 Å². The van der Waals surface area contributed by atoms with Gasteiger partial charge in [0.15, 0.2) is 17.4 Å². The quantitative estimate of drug-likeness (QED) is 0.424. The third-order valence-corrected chi connectivity index (χ3v) is 7.94. The fourth-order valence-electron chi connectivity index (χ4n) is 5.85. The minimum absolute atomic E-state index is 0.0306. The van der Waals surface area contributed by atoms with Gasteiger partial charge in [0.05, 0.1) is 28.2 Å². The number of rotatable bonds is 4. The lowest BCUT2D eigenvalue weighted by Crippen LogP contribution is -2.55. The van der Waals surface area contributed by atoms with Gasteiger partial charge in [-0.3, -0.25) is 10.0 Å². The fourth-order valence-corrected chi connectivity index (χ4v) is 5.85. The minimum Gasteiger partial charge on any atom is -0.444 e. The van der Waals surface area contributed by atoms with Crippen molar-refractivity contribution in [2.45, 2.75) is 78.9 Å². The maximum atomic E-state index is 16.1. The minimum atomic E-state index is -1.05. The molecule has 250 valence electrons. The highest BCUT2D eigenvalue weighted by atomic mass is 19.1. The number of hydrogen-bond acceptors (Lipinski definition) is 10. The Kier molecular flexibility index (Phi) is 8.93. The van der Waals surface area contributed by atoms with Gasteiger partial charge in [0, 0.05) is 25.7 Å². The molecule has 4 heterocycles. The second kappa shape index (κ2) is 12.5. The Balaban J connectivity index is 1.76. The van der Waals surface area contributed by atoms with Crippen LogP contribution in [0.5, 0.6) is 0 Å². The van der Waals surface area contributed by atoms with E-state index >= 15 is 4.39 Å². The predicted octanol–water partition coefficient (Wildman–Crippen LogP) is 5.48. The summed E-state index contributed by atoms with van der Waals surface area (Å²) >= 11 is 0. The van der Waals surface area contributed by atoms with Crippen LogP contribution < -0.4 is 15.7 Å². The number of carbonyl (C=O) groups is 2. The first-order valence-corrected chi connectivity index (χ1v) is 15.5. The van der Waals surface area contributed by atoms with Crippen molar-refractivity contribution in [3.63, 3.8) is 0 Å². The molecule has 2 aromatic heterocycles. The number of piperazine rings is 1. The van der Waals surface area contributed by atoms with Gasteiger partial charge in [0.2, 0.25) is 0 Å². The summed E-state index contributed by atoms with van der Waals surface area (Å²) in [5, 5.41) is 12.2. The maximum absolute atomic E-state index is 16.1. The van der Waals surface area contributed by atoms with Crippen LogP contribution in [0.1, 0.15) is 84.2 Å². The lowest BCUT2D eigenvalue weighted by Gasteiger charge is -2.42. The number of ether oxygens (including phenoxy) is 1. The summed E-state index contributed by atoms with van der Waals surface area (Å²) in [6.45, 7) is 15.3. The molecule has 0 bridgehead atoms. The molecule has 12 nitrogen and oxygen atoms in total. The zero-order valence-electron chi connectivity index (χ0n) is 27.7. The third kappa shape index (κ3) is 6.33. The van der Waals surface area contributed by atoms with E-state index in [0.29, 0.717) is 16.5 Å². The Morgan fingerprint density at radius 1 is 1.02 bits per heavy atom. The Labute approximate surface area is 271 Å². The normalized spacial score (nSPS) is 20.1. The molecular weight excluding hydrogens is 612 g/mol. The standard InChI is InChI=1S/C33H39F2N7O5/c1-17(2)25-28(26(18(3)4)37-16-36-25)41-30-22(14-23(35)27(42(30)46)21-13-20(34)9-10-24(21)43)29(38-31(41)44)40-12-11-39(15-19(40)5)32(45)47-33(6,7)8/h9-10,13-14,16-19,46H,11-12,15H2,1-8H3/b27-21+/t19-/m0/s1. The number of aromatic nitrogens is 4. The summed E-state index contributed by atoms with van der Waals surface area (Å²) in [7, 11) is 0. The van der Waals surface area contributed by atoms with Crippen LogP contribution in [0.4, 0.5) is 25.2 Å². The molecule has 3 aliphatic rings. The summed E-state index contributed by atoms with van der Waals surface area (Å²) in [6, 6.07) is -0.411. The highest BCUT2D eigenvalue weighted by molar-refractivity contribution is 6.09. The van der Waals surface area contributed by atoms with E-state index in [1.807, 2.05) is 34.6 Å². The van der Waals surface area contributed by atoms with Crippen molar-refractivity contribution < 1.29 is 28.3 Å². The average Bonchev–Trinajstić information content (AvgIpc) is 2.97. The van der Waals surface area contributed by atoms with Crippen molar-refractivity contribution in [1.82, 2.24) is 24.4 Å². The summed E-state index contributed by atoms with van der Waals surface area (Å²) in [4.78, 5) is 56.5. The lowest BCUT2D eigenvalue weighted by atomic mass is 9.98. The molecular formula is C33H39F2N7O5. The van der Waals surface area contributed by atoms with Crippen LogP contribution in [-0.2, 0) is 9.53 Å². The smallest absolute Gasteiger partial charge is 0.410 e. The number of hydrogen-bond donors (Lipinski definition) is 1. The van der Waals surface area contributed by atoms with E-state index in [9.17, 15) is 24.0 Å². The van der Waals surface area contributed by atoms with Crippen molar-refractivity contribution in [3.05, 3.63) is 74.9 Å². The molecule has 1 aliphatic carbocycles. The zero-order chi connectivity index (χ0) is 34.5. The van der Waals surface area contributed by atoms with Crippen molar-refractivity contribution in [1.29, 1.82) is 0 Å². The Morgan fingerprint density at radius 3 is 2.23 bits per heavy atom. The van der Waals surface area contributed by atoms with Crippen molar-refractivity contribution in [3.8, 4) is 5.69 Å². The van der Waals surface area contributed by atoms with Crippen LogP contribution in [-0.4, -0.2) is 72.8 Å². The molecule has 47 heavy (non-hydrogen) atoms. The fraction of sp³-hybridized carbons (Fsp3) is 0.455. The number of amides is 1. The van der Waals surface area contributed by atoms with E-state index in [0.717, 1.165) is 28.9 Å². The molecule has 1 fully saturated rings. The van der Waals surface area contributed by atoms with Gasteiger partial charge in [-0.1, -0.05) is 27.7 Å². The van der Waals surface area contributed by atoms with Crippen LogP contribution >= 0.6 is 0 Å². The first-order chi connectivity index (χ1) is 22.0. The van der Waals surface area contributed by atoms with Gasteiger partial charge in [0.25, 0.3) is 0 Å². The topological polar surface area (TPSA) is 134 Å². The second-order valence-electron chi connectivity index (χ2n) is 13.4. The van der Waals surface area contributed by atoms with Crippen molar-refractivity contribution in [2.75, 3.05) is 29.6 Å². The first kappa shape index (κ1) is 33.6. The maximum Gasteiger partial charge on any atom is 0.410 e. The number of allylic oxidation sites excluding steroid dienone is 6. The van der Waals surface area contributed by atoms with E-state index in [-0.39, 0.29) is 54.4 Å². The van der Waals surface area contributed by atoms with Gasteiger partial charge in [0.1, 0.15) is 29.3 Å². The molecule has 0 spiro atoms. The SMILES string of the molecule is CC(C)c1ncnc(C(C)C)c1-n1c2c(c(N3CCN(C(=O)OC(C)(C)C)C[C@@H]3C)nc1=O)C=C(F)/C(=C1/C=C(F)C=CC1=O)N2O. The number of ketones is 1.